The largest absolute Gasteiger partial charge is 0.364 e. The average Bonchev–Trinajstić information content (AvgIpc) is 2.27. The summed E-state index contributed by atoms with van der Waals surface area (Å²) in [5, 5.41) is 13.1. The van der Waals surface area contributed by atoms with E-state index in [-0.39, 0.29) is 17.9 Å². The van der Waals surface area contributed by atoms with Crippen LogP contribution in [0.4, 0.5) is 0 Å². The molecule has 0 heterocycles. The number of carbonyl (C=O) groups excluding carboxylic acids is 1. The Morgan fingerprint density at radius 1 is 1.28 bits per heavy atom. The fourth-order valence-corrected chi connectivity index (χ4v) is 1.90. The van der Waals surface area contributed by atoms with Gasteiger partial charge in [-0.25, -0.2) is 0 Å². The highest BCUT2D eigenvalue weighted by Crippen LogP contribution is 2.17. The molecule has 18 heavy (non-hydrogen) atoms. The molecule has 5 heteroatoms. The summed E-state index contributed by atoms with van der Waals surface area (Å²) in [4.78, 5) is 11.7. The van der Waals surface area contributed by atoms with E-state index in [0.717, 1.165) is 10.0 Å². The van der Waals surface area contributed by atoms with Gasteiger partial charge in [0.15, 0.2) is 5.84 Å². The van der Waals surface area contributed by atoms with Crippen molar-refractivity contribution >= 4 is 27.7 Å². The third-order valence-electron chi connectivity index (χ3n) is 2.36. The molecular weight excluding hydrogens is 294 g/mol. The van der Waals surface area contributed by atoms with Crippen molar-refractivity contribution in [3.63, 3.8) is 0 Å². The lowest BCUT2D eigenvalue weighted by Crippen LogP contribution is -2.43. The first-order valence-corrected chi connectivity index (χ1v) is 6.61. The minimum atomic E-state index is -0.392. The smallest absolute Gasteiger partial charge is 0.286 e. The van der Waals surface area contributed by atoms with E-state index in [9.17, 15) is 4.79 Å². The second kappa shape index (κ2) is 6.54. The summed E-state index contributed by atoms with van der Waals surface area (Å²) >= 11 is 3.39. The highest BCUT2D eigenvalue weighted by Gasteiger charge is 2.14. The molecule has 1 aromatic carbocycles. The Bertz CT molecular complexity index is 446. The molecule has 0 radical (unpaired) electrons. The summed E-state index contributed by atoms with van der Waals surface area (Å²) < 4.78 is 0.969. The molecule has 0 aliphatic heterocycles. The maximum atomic E-state index is 11.7. The zero-order valence-electron chi connectivity index (χ0n) is 10.8. The number of hydrogen-bond donors (Lipinski definition) is 3. The Balaban J connectivity index is 2.62. The predicted octanol–water partition coefficient (Wildman–Crippen LogP) is 2.60. The van der Waals surface area contributed by atoms with Crippen LogP contribution in [0, 0.1) is 5.41 Å². The molecule has 1 aromatic rings. The van der Waals surface area contributed by atoms with Crippen LogP contribution in [0.5, 0.6) is 0 Å². The van der Waals surface area contributed by atoms with E-state index in [1.54, 1.807) is 0 Å². The van der Waals surface area contributed by atoms with E-state index in [2.05, 4.69) is 26.6 Å². The Kier molecular flexibility index (Phi) is 5.34. The van der Waals surface area contributed by atoms with E-state index in [1.165, 1.54) is 0 Å². The van der Waals surface area contributed by atoms with Crippen molar-refractivity contribution in [3.8, 4) is 0 Å². The molecule has 0 bridgehead atoms. The van der Waals surface area contributed by atoms with Crippen molar-refractivity contribution < 1.29 is 4.79 Å². The minimum Gasteiger partial charge on any atom is -0.364 e. The van der Waals surface area contributed by atoms with Gasteiger partial charge in [0.25, 0.3) is 5.91 Å². The van der Waals surface area contributed by atoms with Gasteiger partial charge in [-0.2, -0.15) is 0 Å². The van der Waals surface area contributed by atoms with Gasteiger partial charge >= 0.3 is 0 Å². The zero-order valence-corrected chi connectivity index (χ0v) is 12.3. The molecule has 0 spiro atoms. The quantitative estimate of drug-likeness (QED) is 0.593. The van der Waals surface area contributed by atoms with Crippen LogP contribution in [0.15, 0.2) is 28.7 Å². The van der Waals surface area contributed by atoms with E-state index < -0.39 is 5.91 Å². The monoisotopic (exact) mass is 311 g/mol. The molecule has 3 N–H and O–H groups in total. The number of amides is 1. The van der Waals surface area contributed by atoms with Gasteiger partial charge in [0.1, 0.15) is 0 Å². The predicted molar refractivity (Wildman–Crippen MR) is 76.7 cm³/mol. The Hall–Kier alpha value is -1.36. The number of hydrogen-bond acceptors (Lipinski definition) is 2. The molecule has 0 aromatic heterocycles. The molecule has 4 nitrogen and oxygen atoms in total. The molecular formula is C13H18BrN3O. The number of nitrogens with one attached hydrogen (secondary N) is 3. The lowest BCUT2D eigenvalue weighted by Gasteiger charge is -2.16. The van der Waals surface area contributed by atoms with Crippen LogP contribution in [-0.2, 0) is 4.79 Å². The Labute approximate surface area is 116 Å². The average molecular weight is 312 g/mol. The maximum absolute atomic E-state index is 11.7. The van der Waals surface area contributed by atoms with Crippen molar-refractivity contribution in [2.24, 2.45) is 0 Å². The molecule has 0 fully saturated rings. The van der Waals surface area contributed by atoms with E-state index in [4.69, 9.17) is 5.41 Å². The third-order valence-corrected chi connectivity index (χ3v) is 2.85. The molecule has 0 saturated heterocycles. The second-order valence-corrected chi connectivity index (χ2v) is 5.34. The van der Waals surface area contributed by atoms with Gasteiger partial charge < -0.3 is 10.6 Å². The first-order chi connectivity index (χ1) is 8.40. The summed E-state index contributed by atoms with van der Waals surface area (Å²) in [6.45, 7) is 5.67. The fourth-order valence-electron chi connectivity index (χ4n) is 1.48. The Morgan fingerprint density at radius 2 is 1.94 bits per heavy atom. The van der Waals surface area contributed by atoms with Crippen LogP contribution in [0.1, 0.15) is 32.4 Å². The van der Waals surface area contributed by atoms with Crippen LogP contribution < -0.4 is 10.6 Å². The van der Waals surface area contributed by atoms with Crippen molar-refractivity contribution in [2.45, 2.75) is 32.9 Å². The summed E-state index contributed by atoms with van der Waals surface area (Å²) in [6, 6.07) is 7.67. The molecule has 0 saturated carbocycles. The standard InChI is InChI=1S/C13H18BrN3O/c1-8(2)16-12(15)13(18)17-9(3)10-5-4-6-11(14)7-10/h4-9H,1-3H3,(H2,15,16)(H,17,18)/t9-/m1/s1. The van der Waals surface area contributed by atoms with Crippen LogP contribution in [0.3, 0.4) is 0 Å². The molecule has 0 aliphatic rings. The topological polar surface area (TPSA) is 65.0 Å². The van der Waals surface area contributed by atoms with Crippen LogP contribution in [-0.4, -0.2) is 17.8 Å². The Morgan fingerprint density at radius 3 is 2.50 bits per heavy atom. The van der Waals surface area contributed by atoms with Crippen molar-refractivity contribution in [1.29, 1.82) is 5.41 Å². The van der Waals surface area contributed by atoms with Crippen molar-refractivity contribution in [3.05, 3.63) is 34.3 Å². The van der Waals surface area contributed by atoms with E-state index >= 15 is 0 Å². The number of rotatable bonds is 3. The number of amidine groups is 1. The molecule has 1 rings (SSSR count). The van der Waals surface area contributed by atoms with Crippen LogP contribution in [0.25, 0.3) is 0 Å². The maximum Gasteiger partial charge on any atom is 0.286 e. The normalized spacial score (nSPS) is 12.1. The van der Waals surface area contributed by atoms with Crippen molar-refractivity contribution in [1.82, 2.24) is 10.6 Å². The zero-order chi connectivity index (χ0) is 13.7. The van der Waals surface area contributed by atoms with Crippen LogP contribution >= 0.6 is 15.9 Å². The molecule has 1 amide bonds. The SMILES string of the molecule is CC(C)NC(=N)C(=O)N[C@H](C)c1cccc(Br)c1. The summed E-state index contributed by atoms with van der Waals surface area (Å²) in [5.41, 5.74) is 0.995. The van der Waals surface area contributed by atoms with Gasteiger partial charge in [0.05, 0.1) is 6.04 Å². The van der Waals surface area contributed by atoms with Gasteiger partial charge in [-0.1, -0.05) is 28.1 Å². The lowest BCUT2D eigenvalue weighted by atomic mass is 10.1. The van der Waals surface area contributed by atoms with E-state index in [1.807, 2.05) is 45.0 Å². The van der Waals surface area contributed by atoms with Gasteiger partial charge in [-0.15, -0.1) is 0 Å². The first-order valence-electron chi connectivity index (χ1n) is 5.81. The first kappa shape index (κ1) is 14.7. The van der Waals surface area contributed by atoms with E-state index in [0.29, 0.717) is 0 Å². The highest BCUT2D eigenvalue weighted by atomic mass is 79.9. The van der Waals surface area contributed by atoms with Gasteiger partial charge in [-0.3, -0.25) is 10.2 Å². The number of carbonyl (C=O) groups is 1. The minimum absolute atomic E-state index is 0.0735. The molecule has 0 aliphatic carbocycles. The highest BCUT2D eigenvalue weighted by molar-refractivity contribution is 9.10. The number of halogens is 1. The second-order valence-electron chi connectivity index (χ2n) is 4.42. The van der Waals surface area contributed by atoms with Crippen molar-refractivity contribution in [2.75, 3.05) is 0 Å². The number of benzene rings is 1. The summed E-state index contributed by atoms with van der Waals surface area (Å²) in [6.07, 6.45) is 0. The third kappa shape index (κ3) is 4.49. The van der Waals surface area contributed by atoms with Gasteiger partial charge in [0, 0.05) is 10.5 Å². The molecule has 0 unspecified atom stereocenters. The van der Waals surface area contributed by atoms with Gasteiger partial charge in [-0.05, 0) is 38.5 Å². The van der Waals surface area contributed by atoms with Crippen LogP contribution in [0.2, 0.25) is 0 Å². The van der Waals surface area contributed by atoms with Gasteiger partial charge in [0.2, 0.25) is 0 Å². The fraction of sp³-hybridized carbons (Fsp3) is 0.385. The lowest BCUT2D eigenvalue weighted by molar-refractivity contribution is -0.115. The molecule has 98 valence electrons. The summed E-state index contributed by atoms with van der Waals surface area (Å²) in [7, 11) is 0. The molecule has 1 atom stereocenters. The summed E-state index contributed by atoms with van der Waals surface area (Å²) in [5.74, 6) is -0.497.